The first kappa shape index (κ1) is 16.0. The van der Waals surface area contributed by atoms with E-state index in [1.165, 1.54) is 0 Å². The molecule has 5 heteroatoms. The van der Waals surface area contributed by atoms with Crippen LogP contribution in [0.25, 0.3) is 0 Å². The summed E-state index contributed by atoms with van der Waals surface area (Å²) >= 11 is 0. The lowest BCUT2D eigenvalue weighted by Gasteiger charge is -2.31. The Morgan fingerprint density at radius 2 is 2.00 bits per heavy atom. The number of carbonyl (C=O) groups is 1. The second kappa shape index (κ2) is 6.18. The predicted molar refractivity (Wildman–Crippen MR) is 84.5 cm³/mol. The predicted octanol–water partition coefficient (Wildman–Crippen LogP) is 1.79. The van der Waals surface area contributed by atoms with E-state index in [0.29, 0.717) is 11.6 Å². The van der Waals surface area contributed by atoms with E-state index in [0.717, 1.165) is 38.2 Å². The number of aromatic nitrogens is 2. The molecule has 21 heavy (non-hydrogen) atoms. The molecule has 0 spiro atoms. The van der Waals surface area contributed by atoms with E-state index in [9.17, 15) is 4.79 Å². The van der Waals surface area contributed by atoms with Crippen LogP contribution in [0.15, 0.2) is 6.07 Å². The Balaban J connectivity index is 2.06. The van der Waals surface area contributed by atoms with Gasteiger partial charge in [-0.25, -0.2) is 0 Å². The van der Waals surface area contributed by atoms with Gasteiger partial charge in [0.1, 0.15) is 5.69 Å². The zero-order valence-corrected chi connectivity index (χ0v) is 13.9. The maximum Gasteiger partial charge on any atom is 0.272 e. The normalized spacial score (nSPS) is 17.3. The summed E-state index contributed by atoms with van der Waals surface area (Å²) in [6.07, 6.45) is 2.16. The van der Waals surface area contributed by atoms with Gasteiger partial charge in [-0.15, -0.1) is 0 Å². The fraction of sp³-hybridized carbons (Fsp3) is 0.750. The van der Waals surface area contributed by atoms with E-state index in [4.69, 9.17) is 0 Å². The molecule has 0 unspecified atom stereocenters. The van der Waals surface area contributed by atoms with E-state index < -0.39 is 0 Å². The fourth-order valence-electron chi connectivity index (χ4n) is 2.82. The summed E-state index contributed by atoms with van der Waals surface area (Å²) in [5.41, 5.74) is 1.64. The average molecular weight is 292 g/mol. The van der Waals surface area contributed by atoms with Crippen LogP contribution in [-0.4, -0.2) is 47.3 Å². The fourth-order valence-corrected chi connectivity index (χ4v) is 2.82. The summed E-state index contributed by atoms with van der Waals surface area (Å²) in [5.74, 6) is 0.805. The Labute approximate surface area is 127 Å². The molecule has 1 aliphatic rings. The summed E-state index contributed by atoms with van der Waals surface area (Å²) in [6, 6.07) is 1.95. The molecular formula is C16H28N4O. The SMILES string of the molecule is CNCC1CCN(C(=O)c2cc(C(C)(C)C)nn2C)CC1. The summed E-state index contributed by atoms with van der Waals surface area (Å²) in [4.78, 5) is 14.6. The summed E-state index contributed by atoms with van der Waals surface area (Å²) in [7, 11) is 3.84. The average Bonchev–Trinajstić information content (AvgIpc) is 2.81. The first-order chi connectivity index (χ1) is 9.82. The third-order valence-corrected chi connectivity index (χ3v) is 4.26. The number of hydrogen-bond donors (Lipinski definition) is 1. The van der Waals surface area contributed by atoms with Gasteiger partial charge in [-0.3, -0.25) is 9.48 Å². The first-order valence-corrected chi connectivity index (χ1v) is 7.81. The number of piperidine rings is 1. The quantitative estimate of drug-likeness (QED) is 0.924. The van der Waals surface area contributed by atoms with Crippen molar-refractivity contribution >= 4 is 5.91 Å². The maximum atomic E-state index is 12.7. The lowest BCUT2D eigenvalue weighted by molar-refractivity contribution is 0.0680. The number of carbonyl (C=O) groups excluding carboxylic acids is 1. The number of likely N-dealkylation sites (tertiary alicyclic amines) is 1. The van der Waals surface area contributed by atoms with Gasteiger partial charge in [-0.05, 0) is 38.4 Å². The summed E-state index contributed by atoms with van der Waals surface area (Å²) in [6.45, 7) is 9.09. The molecular weight excluding hydrogens is 264 g/mol. The third kappa shape index (κ3) is 3.64. The van der Waals surface area contributed by atoms with Crippen LogP contribution in [0.5, 0.6) is 0 Å². The van der Waals surface area contributed by atoms with Gasteiger partial charge in [0.2, 0.25) is 0 Å². The van der Waals surface area contributed by atoms with Crippen LogP contribution in [0.1, 0.15) is 49.8 Å². The van der Waals surface area contributed by atoms with Gasteiger partial charge in [0.05, 0.1) is 5.69 Å². The standard InChI is InChI=1S/C16H28N4O/c1-16(2,3)14-10-13(19(5)18-14)15(21)20-8-6-12(7-9-20)11-17-4/h10,12,17H,6-9,11H2,1-5H3. The highest BCUT2D eigenvalue weighted by atomic mass is 16.2. The molecule has 0 atom stereocenters. The van der Waals surface area contributed by atoms with Crippen LogP contribution in [0, 0.1) is 5.92 Å². The first-order valence-electron chi connectivity index (χ1n) is 7.81. The third-order valence-electron chi connectivity index (χ3n) is 4.26. The second-order valence-electron chi connectivity index (χ2n) is 7.08. The minimum Gasteiger partial charge on any atom is -0.337 e. The molecule has 2 rings (SSSR count). The van der Waals surface area contributed by atoms with Gasteiger partial charge in [0.25, 0.3) is 5.91 Å². The van der Waals surface area contributed by atoms with E-state index in [-0.39, 0.29) is 11.3 Å². The number of nitrogens with zero attached hydrogens (tertiary/aromatic N) is 3. The molecule has 0 aromatic carbocycles. The smallest absolute Gasteiger partial charge is 0.272 e. The maximum absolute atomic E-state index is 12.7. The Morgan fingerprint density at radius 1 is 1.38 bits per heavy atom. The molecule has 5 nitrogen and oxygen atoms in total. The molecule has 0 radical (unpaired) electrons. The van der Waals surface area contributed by atoms with E-state index in [1.54, 1.807) is 4.68 Å². The minimum absolute atomic E-state index is 0.0317. The second-order valence-corrected chi connectivity index (χ2v) is 7.08. The van der Waals surface area contributed by atoms with Gasteiger partial charge in [0, 0.05) is 25.6 Å². The highest BCUT2D eigenvalue weighted by molar-refractivity contribution is 5.92. The monoisotopic (exact) mass is 292 g/mol. The van der Waals surface area contributed by atoms with Gasteiger partial charge in [-0.2, -0.15) is 5.10 Å². The highest BCUT2D eigenvalue weighted by Gasteiger charge is 2.27. The van der Waals surface area contributed by atoms with Gasteiger partial charge in [-0.1, -0.05) is 20.8 Å². The van der Waals surface area contributed by atoms with Gasteiger partial charge in [0.15, 0.2) is 0 Å². The Bertz CT molecular complexity index is 493. The van der Waals surface area contributed by atoms with Crippen LogP contribution >= 0.6 is 0 Å². The minimum atomic E-state index is -0.0317. The number of nitrogens with one attached hydrogen (secondary N) is 1. The molecule has 118 valence electrons. The van der Waals surface area contributed by atoms with E-state index in [2.05, 4.69) is 31.2 Å². The molecule has 1 aromatic heterocycles. The highest BCUT2D eigenvalue weighted by Crippen LogP contribution is 2.23. The van der Waals surface area contributed by atoms with Crippen molar-refractivity contribution in [3.8, 4) is 0 Å². The van der Waals surface area contributed by atoms with Crippen molar-refractivity contribution in [3.63, 3.8) is 0 Å². The van der Waals surface area contributed by atoms with Crippen LogP contribution in [0.2, 0.25) is 0 Å². The van der Waals surface area contributed by atoms with Crippen molar-refractivity contribution in [2.24, 2.45) is 13.0 Å². The molecule has 1 aromatic rings. The van der Waals surface area contributed by atoms with Crippen molar-refractivity contribution in [2.45, 2.75) is 39.0 Å². The molecule has 2 heterocycles. The van der Waals surface area contributed by atoms with Crippen LogP contribution < -0.4 is 5.32 Å². The van der Waals surface area contributed by atoms with Crippen molar-refractivity contribution in [1.29, 1.82) is 0 Å². The Hall–Kier alpha value is -1.36. The Kier molecular flexibility index (Phi) is 4.71. The molecule has 1 aliphatic heterocycles. The summed E-state index contributed by atoms with van der Waals surface area (Å²) < 4.78 is 1.72. The molecule has 1 amide bonds. The lowest BCUT2D eigenvalue weighted by atomic mass is 9.92. The molecule has 0 saturated carbocycles. The number of aryl methyl sites for hydroxylation is 1. The number of hydrogen-bond acceptors (Lipinski definition) is 3. The van der Waals surface area contributed by atoms with E-state index in [1.807, 2.05) is 25.1 Å². The molecule has 1 saturated heterocycles. The molecule has 0 aliphatic carbocycles. The zero-order chi connectivity index (χ0) is 15.6. The van der Waals surface area contributed by atoms with Crippen LogP contribution in [-0.2, 0) is 12.5 Å². The molecule has 0 bridgehead atoms. The lowest BCUT2D eigenvalue weighted by Crippen LogP contribution is -2.41. The number of rotatable bonds is 3. The van der Waals surface area contributed by atoms with E-state index >= 15 is 0 Å². The Morgan fingerprint density at radius 3 is 2.48 bits per heavy atom. The molecule has 1 N–H and O–H groups in total. The van der Waals surface area contributed by atoms with Gasteiger partial charge < -0.3 is 10.2 Å². The topological polar surface area (TPSA) is 50.2 Å². The van der Waals surface area contributed by atoms with Crippen molar-refractivity contribution in [1.82, 2.24) is 20.0 Å². The van der Waals surface area contributed by atoms with Crippen LogP contribution in [0.3, 0.4) is 0 Å². The van der Waals surface area contributed by atoms with Crippen molar-refractivity contribution in [2.75, 3.05) is 26.7 Å². The zero-order valence-electron chi connectivity index (χ0n) is 13.9. The van der Waals surface area contributed by atoms with Gasteiger partial charge >= 0.3 is 0 Å². The van der Waals surface area contributed by atoms with Crippen molar-refractivity contribution in [3.05, 3.63) is 17.5 Å². The largest absolute Gasteiger partial charge is 0.337 e. The number of amides is 1. The van der Waals surface area contributed by atoms with Crippen LogP contribution in [0.4, 0.5) is 0 Å². The summed E-state index contributed by atoms with van der Waals surface area (Å²) in [5, 5.41) is 7.73. The van der Waals surface area contributed by atoms with Crippen molar-refractivity contribution < 1.29 is 4.79 Å². The molecule has 1 fully saturated rings.